The first-order valence-electron chi connectivity index (χ1n) is 8.70. The van der Waals surface area contributed by atoms with E-state index in [9.17, 15) is 5.11 Å². The molecule has 5 atom stereocenters. The van der Waals surface area contributed by atoms with E-state index in [0.29, 0.717) is 11.8 Å². The molecule has 3 nitrogen and oxygen atoms in total. The van der Waals surface area contributed by atoms with Crippen LogP contribution in [0.4, 0.5) is 0 Å². The number of aliphatic hydroxyl groups is 1. The molecule has 0 aromatic rings. The first-order chi connectivity index (χ1) is 10.0. The number of ether oxygens (including phenoxy) is 1. The molecule has 0 aromatic carbocycles. The van der Waals surface area contributed by atoms with Crippen molar-refractivity contribution in [3.8, 4) is 0 Å². The molecule has 1 fully saturated rings. The van der Waals surface area contributed by atoms with Crippen LogP contribution >= 0.6 is 0 Å². The summed E-state index contributed by atoms with van der Waals surface area (Å²) in [5.74, 6) is 0.698. The van der Waals surface area contributed by atoms with Crippen LogP contribution in [-0.4, -0.2) is 37.8 Å². The average molecular weight is 327 g/mol. The Morgan fingerprint density at radius 3 is 2.45 bits per heavy atom. The second kappa shape index (κ2) is 6.04. The van der Waals surface area contributed by atoms with Gasteiger partial charge in [0.2, 0.25) is 0 Å². The van der Waals surface area contributed by atoms with Gasteiger partial charge in [-0.15, -0.1) is 0 Å². The minimum Gasteiger partial charge on any atom is -0.413 e. The Morgan fingerprint density at radius 2 is 1.91 bits per heavy atom. The summed E-state index contributed by atoms with van der Waals surface area (Å²) in [6.07, 6.45) is 6.50. The molecule has 0 spiro atoms. The van der Waals surface area contributed by atoms with Crippen molar-refractivity contribution in [1.29, 1.82) is 0 Å². The van der Waals surface area contributed by atoms with Crippen molar-refractivity contribution in [2.45, 2.75) is 83.4 Å². The summed E-state index contributed by atoms with van der Waals surface area (Å²) in [7, 11) is -1.80. The number of fused-ring (bicyclic) bond motifs is 2. The monoisotopic (exact) mass is 326 g/mol. The third-order valence-electron chi connectivity index (χ3n) is 6.19. The molecule has 2 rings (SSSR count). The largest absolute Gasteiger partial charge is 0.413 e. The average Bonchev–Trinajstić information content (AvgIpc) is 2.81. The summed E-state index contributed by atoms with van der Waals surface area (Å²) in [5.41, 5.74) is -0.243. The Labute approximate surface area is 137 Å². The van der Waals surface area contributed by atoms with Crippen LogP contribution in [0.1, 0.15) is 47.5 Å². The first kappa shape index (κ1) is 18.2. The summed E-state index contributed by atoms with van der Waals surface area (Å²) in [6.45, 7) is 16.3. The number of hydrogen-bond acceptors (Lipinski definition) is 3. The molecule has 0 unspecified atom stereocenters. The van der Waals surface area contributed by atoms with Gasteiger partial charge in [-0.3, -0.25) is 0 Å². The van der Waals surface area contributed by atoms with Gasteiger partial charge in [0.1, 0.15) is 0 Å². The van der Waals surface area contributed by atoms with Crippen LogP contribution in [0, 0.1) is 11.8 Å². The SMILES string of the molecule is C[C@@H]1[C@H](O[Si](C)(C)C(C)(C)C)[C@H](C)[C@]2(CCCO)C=C[C@H]1O2. The number of rotatable bonds is 5. The molecule has 2 aliphatic rings. The molecule has 0 saturated carbocycles. The Morgan fingerprint density at radius 1 is 1.27 bits per heavy atom. The van der Waals surface area contributed by atoms with Gasteiger partial charge in [0.15, 0.2) is 8.32 Å². The molecule has 128 valence electrons. The van der Waals surface area contributed by atoms with Gasteiger partial charge in [-0.2, -0.15) is 0 Å². The van der Waals surface area contributed by atoms with Gasteiger partial charge in [0.05, 0.1) is 17.8 Å². The Bertz CT molecular complexity index is 427. The fourth-order valence-corrected chi connectivity index (χ4v) is 4.96. The standard InChI is InChI=1S/C18H34O3Si/c1-13-15-9-11-18(20-15,10-8-12-19)14(2)16(13)21-22(6,7)17(3,4)5/h9,11,13-16,19H,8,10,12H2,1-7H3/t13-,14-,15+,16-,18-/m0/s1. The summed E-state index contributed by atoms with van der Waals surface area (Å²) in [5, 5.41) is 9.43. The van der Waals surface area contributed by atoms with Gasteiger partial charge in [-0.1, -0.05) is 46.8 Å². The van der Waals surface area contributed by atoms with Crippen molar-refractivity contribution < 1.29 is 14.3 Å². The van der Waals surface area contributed by atoms with Crippen molar-refractivity contribution in [1.82, 2.24) is 0 Å². The van der Waals surface area contributed by atoms with Crippen molar-refractivity contribution >= 4 is 8.32 Å². The lowest BCUT2D eigenvalue weighted by molar-refractivity contribution is -0.171. The molecular formula is C18H34O3Si. The van der Waals surface area contributed by atoms with Gasteiger partial charge in [-0.25, -0.2) is 0 Å². The lowest BCUT2D eigenvalue weighted by Crippen LogP contribution is -2.57. The van der Waals surface area contributed by atoms with E-state index in [0.717, 1.165) is 12.8 Å². The molecule has 1 saturated heterocycles. The second-order valence-corrected chi connectivity index (χ2v) is 13.5. The predicted molar refractivity (Wildman–Crippen MR) is 93.5 cm³/mol. The van der Waals surface area contributed by atoms with Gasteiger partial charge in [0.25, 0.3) is 0 Å². The Kier molecular flexibility index (Phi) is 4.99. The minimum atomic E-state index is -1.80. The molecule has 2 heterocycles. The number of hydrogen-bond donors (Lipinski definition) is 1. The maximum Gasteiger partial charge on any atom is 0.192 e. The minimum absolute atomic E-state index is 0.157. The third-order valence-corrected chi connectivity index (χ3v) is 10.7. The summed E-state index contributed by atoms with van der Waals surface area (Å²) in [6, 6.07) is 0. The van der Waals surface area contributed by atoms with Crippen LogP contribution in [0.3, 0.4) is 0 Å². The highest BCUT2D eigenvalue weighted by Crippen LogP contribution is 2.49. The van der Waals surface area contributed by atoms with Crippen LogP contribution in [0.5, 0.6) is 0 Å². The van der Waals surface area contributed by atoms with Crippen molar-refractivity contribution in [3.05, 3.63) is 12.2 Å². The molecule has 0 aliphatic carbocycles. The molecule has 22 heavy (non-hydrogen) atoms. The maximum absolute atomic E-state index is 9.21. The highest BCUT2D eigenvalue weighted by molar-refractivity contribution is 6.74. The van der Waals surface area contributed by atoms with E-state index in [1.54, 1.807) is 0 Å². The van der Waals surface area contributed by atoms with E-state index in [1.165, 1.54) is 0 Å². The van der Waals surface area contributed by atoms with Crippen molar-refractivity contribution in [2.75, 3.05) is 6.61 Å². The topological polar surface area (TPSA) is 38.7 Å². The van der Waals surface area contributed by atoms with E-state index < -0.39 is 8.32 Å². The van der Waals surface area contributed by atoms with Gasteiger partial charge in [-0.05, 0) is 31.0 Å². The second-order valence-electron chi connectivity index (χ2n) is 8.71. The zero-order valence-corrected chi connectivity index (χ0v) is 16.3. The Hall–Kier alpha value is -0.163. The van der Waals surface area contributed by atoms with Crippen LogP contribution in [0.15, 0.2) is 12.2 Å². The quantitative estimate of drug-likeness (QED) is 0.610. The van der Waals surface area contributed by atoms with E-state index in [2.05, 4.69) is 59.9 Å². The molecule has 1 N–H and O–H groups in total. The number of aliphatic hydroxyl groups excluding tert-OH is 1. The van der Waals surface area contributed by atoms with Crippen LogP contribution in [0.25, 0.3) is 0 Å². The van der Waals surface area contributed by atoms with Crippen LogP contribution in [0.2, 0.25) is 18.1 Å². The first-order valence-corrected chi connectivity index (χ1v) is 11.6. The predicted octanol–water partition coefficient (Wildman–Crippen LogP) is 4.13. The lowest BCUT2D eigenvalue weighted by Gasteiger charge is -2.51. The fourth-order valence-electron chi connectivity index (χ4n) is 3.50. The van der Waals surface area contributed by atoms with Crippen molar-refractivity contribution in [2.24, 2.45) is 11.8 Å². The van der Waals surface area contributed by atoms with Crippen LogP contribution < -0.4 is 0 Å². The highest BCUT2D eigenvalue weighted by Gasteiger charge is 2.54. The smallest absolute Gasteiger partial charge is 0.192 e. The normalized spacial score (nSPS) is 38.5. The van der Waals surface area contributed by atoms with E-state index in [1.807, 2.05) is 0 Å². The summed E-state index contributed by atoms with van der Waals surface area (Å²) >= 11 is 0. The zero-order chi connectivity index (χ0) is 16.8. The van der Waals surface area contributed by atoms with Gasteiger partial charge in [0, 0.05) is 18.4 Å². The summed E-state index contributed by atoms with van der Waals surface area (Å²) < 4.78 is 13.2. The van der Waals surface area contributed by atoms with Crippen molar-refractivity contribution in [3.63, 3.8) is 0 Å². The maximum atomic E-state index is 9.21. The molecular weight excluding hydrogens is 292 g/mol. The fraction of sp³-hybridized carbons (Fsp3) is 0.889. The Balaban J connectivity index is 2.22. The molecule has 0 amide bonds. The third kappa shape index (κ3) is 3.08. The van der Waals surface area contributed by atoms with E-state index >= 15 is 0 Å². The molecule has 4 heteroatoms. The van der Waals surface area contributed by atoms with Gasteiger partial charge < -0.3 is 14.3 Å². The zero-order valence-electron chi connectivity index (χ0n) is 15.3. The highest BCUT2D eigenvalue weighted by atomic mass is 28.4. The van der Waals surface area contributed by atoms with Crippen LogP contribution in [-0.2, 0) is 9.16 Å². The van der Waals surface area contributed by atoms with Gasteiger partial charge >= 0.3 is 0 Å². The van der Waals surface area contributed by atoms with E-state index in [4.69, 9.17) is 9.16 Å². The molecule has 2 aliphatic heterocycles. The van der Waals surface area contributed by atoms with E-state index in [-0.39, 0.29) is 29.5 Å². The molecule has 2 bridgehead atoms. The molecule has 0 aromatic heterocycles. The summed E-state index contributed by atoms with van der Waals surface area (Å²) in [4.78, 5) is 0. The molecule has 0 radical (unpaired) electrons. The lowest BCUT2D eigenvalue weighted by atomic mass is 9.76.